The molecule has 0 radical (unpaired) electrons. The largest absolute Gasteiger partial charge is 0.356 e. The number of sulfonamides is 1. The van der Waals surface area contributed by atoms with Crippen LogP contribution in [0.3, 0.4) is 0 Å². The molecule has 0 aromatic rings. The first-order chi connectivity index (χ1) is 16.3. The van der Waals surface area contributed by atoms with Gasteiger partial charge in [0.05, 0.1) is 10.8 Å². The summed E-state index contributed by atoms with van der Waals surface area (Å²) in [5.41, 5.74) is -0.891. The third-order valence-corrected chi connectivity index (χ3v) is 10.3. The Morgan fingerprint density at radius 1 is 1.22 bits per heavy atom. The van der Waals surface area contributed by atoms with Crippen molar-refractivity contribution in [1.82, 2.24) is 20.3 Å². The Bertz CT molecular complexity index is 1070. The molecule has 202 valence electrons. The van der Waals surface area contributed by atoms with Gasteiger partial charge in [-0.15, -0.1) is 0 Å². The zero-order valence-electron chi connectivity index (χ0n) is 22.6. The van der Waals surface area contributed by atoms with Crippen LogP contribution in [0.25, 0.3) is 0 Å². The molecule has 6 atom stereocenters. The fourth-order valence-electron chi connectivity index (χ4n) is 5.46. The van der Waals surface area contributed by atoms with E-state index >= 15 is 0 Å². The monoisotopic (exact) mass is 523 g/mol. The summed E-state index contributed by atoms with van der Waals surface area (Å²) in [6, 6.07) is -0.648. The lowest BCUT2D eigenvalue weighted by atomic mass is 9.86. The summed E-state index contributed by atoms with van der Waals surface area (Å²) in [5, 5.41) is 15.2. The van der Waals surface area contributed by atoms with Gasteiger partial charge in [-0.3, -0.25) is 14.4 Å². The number of nitriles is 1. The van der Waals surface area contributed by atoms with Crippen molar-refractivity contribution in [1.29, 1.82) is 5.26 Å². The SMILES string of the molecule is CC(C)(C)[C@H](NS(=O)(=O)C(C)(C)C)C(=O)N1C[C@H]2[C@@H]([C@H]1C(=O)N[C@H](C#N)C[C@@H]1CCNC1=O)C2(C)C. The lowest BCUT2D eigenvalue weighted by Gasteiger charge is -2.38. The number of hydrogen-bond acceptors (Lipinski definition) is 6. The molecule has 0 aromatic carbocycles. The van der Waals surface area contributed by atoms with Crippen molar-refractivity contribution in [2.24, 2.45) is 28.6 Å². The Labute approximate surface area is 215 Å². The van der Waals surface area contributed by atoms with E-state index in [9.17, 15) is 28.1 Å². The third-order valence-electron chi connectivity index (χ3n) is 8.11. The van der Waals surface area contributed by atoms with Crippen LogP contribution >= 0.6 is 0 Å². The van der Waals surface area contributed by atoms with Gasteiger partial charge in [0.2, 0.25) is 27.7 Å². The van der Waals surface area contributed by atoms with Crippen LogP contribution in [-0.2, 0) is 24.4 Å². The highest BCUT2D eigenvalue weighted by Gasteiger charge is 2.70. The molecule has 3 N–H and O–H groups in total. The zero-order valence-corrected chi connectivity index (χ0v) is 23.5. The van der Waals surface area contributed by atoms with Crippen molar-refractivity contribution in [3.8, 4) is 6.07 Å². The Morgan fingerprint density at radius 3 is 2.31 bits per heavy atom. The van der Waals surface area contributed by atoms with Gasteiger partial charge < -0.3 is 15.5 Å². The minimum Gasteiger partial charge on any atom is -0.356 e. The number of nitrogens with zero attached hydrogens (tertiary/aromatic N) is 2. The molecule has 2 saturated heterocycles. The van der Waals surface area contributed by atoms with Crippen LogP contribution in [0.1, 0.15) is 68.2 Å². The van der Waals surface area contributed by atoms with Gasteiger partial charge in [0.25, 0.3) is 0 Å². The quantitative estimate of drug-likeness (QED) is 0.456. The Balaban J connectivity index is 1.84. The number of carbonyl (C=O) groups excluding carboxylic acids is 3. The third kappa shape index (κ3) is 5.25. The second-order valence-electron chi connectivity index (χ2n) is 13.1. The number of amides is 3. The molecule has 1 aliphatic carbocycles. The van der Waals surface area contributed by atoms with Gasteiger partial charge in [-0.05, 0) is 56.3 Å². The number of nitrogens with one attached hydrogen (secondary N) is 3. The van der Waals surface area contributed by atoms with Crippen LogP contribution < -0.4 is 15.4 Å². The lowest BCUT2D eigenvalue weighted by molar-refractivity contribution is -0.143. The normalized spacial score (nSPS) is 29.1. The summed E-state index contributed by atoms with van der Waals surface area (Å²) in [4.78, 5) is 40.9. The van der Waals surface area contributed by atoms with E-state index < -0.39 is 50.1 Å². The number of hydrogen-bond donors (Lipinski definition) is 3. The van der Waals surface area contributed by atoms with E-state index in [0.717, 1.165) is 0 Å². The lowest BCUT2D eigenvalue weighted by Crippen LogP contribution is -2.61. The molecule has 3 amide bonds. The Morgan fingerprint density at radius 2 is 1.83 bits per heavy atom. The average Bonchev–Trinajstić information content (AvgIpc) is 3.09. The highest BCUT2D eigenvalue weighted by molar-refractivity contribution is 7.90. The number of fused-ring (bicyclic) bond motifs is 1. The molecule has 0 bridgehead atoms. The van der Waals surface area contributed by atoms with E-state index in [1.807, 2.05) is 0 Å². The van der Waals surface area contributed by atoms with Crippen molar-refractivity contribution in [3.05, 3.63) is 0 Å². The summed E-state index contributed by atoms with van der Waals surface area (Å²) in [6.45, 7) is 15.1. The molecule has 2 aliphatic heterocycles. The smallest absolute Gasteiger partial charge is 0.244 e. The number of rotatable bonds is 7. The fraction of sp³-hybridized carbons (Fsp3) is 0.840. The van der Waals surface area contributed by atoms with Crippen molar-refractivity contribution in [3.63, 3.8) is 0 Å². The highest BCUT2D eigenvalue weighted by atomic mass is 32.2. The molecule has 0 aromatic heterocycles. The Hall–Kier alpha value is -2.19. The molecule has 3 rings (SSSR count). The molecule has 3 fully saturated rings. The minimum atomic E-state index is -3.84. The zero-order chi connectivity index (χ0) is 27.4. The van der Waals surface area contributed by atoms with E-state index in [-0.39, 0.29) is 35.5 Å². The van der Waals surface area contributed by atoms with Crippen molar-refractivity contribution in [2.45, 2.75) is 91.1 Å². The first-order valence-electron chi connectivity index (χ1n) is 12.6. The van der Waals surface area contributed by atoms with Crippen molar-refractivity contribution in [2.75, 3.05) is 13.1 Å². The van der Waals surface area contributed by atoms with Gasteiger partial charge >= 0.3 is 0 Å². The van der Waals surface area contributed by atoms with Gasteiger partial charge in [-0.2, -0.15) is 5.26 Å². The number of likely N-dealkylation sites (tertiary alicyclic amines) is 1. The molecule has 0 unspecified atom stereocenters. The van der Waals surface area contributed by atoms with Crippen LogP contribution in [-0.4, -0.2) is 67.0 Å². The maximum Gasteiger partial charge on any atom is 0.244 e. The average molecular weight is 524 g/mol. The molecule has 36 heavy (non-hydrogen) atoms. The fourth-order valence-corrected chi connectivity index (χ4v) is 6.58. The summed E-state index contributed by atoms with van der Waals surface area (Å²) in [5.74, 6) is -1.31. The first kappa shape index (κ1) is 28.4. The van der Waals surface area contributed by atoms with Crippen LogP contribution in [0.4, 0.5) is 0 Å². The number of carbonyl (C=O) groups is 3. The molecule has 0 spiro atoms. The van der Waals surface area contributed by atoms with Gasteiger partial charge in [0, 0.05) is 19.0 Å². The highest BCUT2D eigenvalue weighted by Crippen LogP contribution is 2.65. The second kappa shape index (κ2) is 9.28. The van der Waals surface area contributed by atoms with Crippen LogP contribution in [0.5, 0.6) is 0 Å². The molecular formula is C25H41N5O5S. The van der Waals surface area contributed by atoms with Gasteiger partial charge in [-0.1, -0.05) is 34.6 Å². The standard InChI is InChI=1S/C25H41N5O5S/c1-23(2,3)19(29-36(34,35)24(4,5)6)22(33)30-13-16-17(25(16,7)8)18(30)21(32)28-15(12-26)11-14-9-10-27-20(14)31/h14-19,29H,9-11,13H2,1-8H3,(H,27,31)(H,28,32)/t14-,15-,16-,17-,18-,19+/m0/s1. The van der Waals surface area contributed by atoms with E-state index in [2.05, 4.69) is 35.3 Å². The number of piperidine rings is 1. The van der Waals surface area contributed by atoms with Crippen LogP contribution in [0, 0.1) is 39.9 Å². The predicted molar refractivity (Wildman–Crippen MR) is 135 cm³/mol. The second-order valence-corrected chi connectivity index (χ2v) is 15.6. The summed E-state index contributed by atoms with van der Waals surface area (Å²) in [6.07, 6.45) is 0.821. The first-order valence-corrected chi connectivity index (χ1v) is 14.1. The minimum absolute atomic E-state index is 0.0876. The van der Waals surface area contributed by atoms with Gasteiger partial charge in [0.15, 0.2) is 0 Å². The van der Waals surface area contributed by atoms with E-state index in [1.165, 1.54) is 4.90 Å². The predicted octanol–water partition coefficient (Wildman–Crippen LogP) is 1.14. The summed E-state index contributed by atoms with van der Waals surface area (Å²) < 4.78 is 27.4. The van der Waals surface area contributed by atoms with Crippen molar-refractivity contribution >= 4 is 27.7 Å². The van der Waals surface area contributed by atoms with Crippen LogP contribution in [0.2, 0.25) is 0 Å². The molecule has 11 heteroatoms. The maximum atomic E-state index is 13.9. The van der Waals surface area contributed by atoms with Crippen molar-refractivity contribution < 1.29 is 22.8 Å². The topological polar surface area (TPSA) is 148 Å². The Kier molecular flexibility index (Phi) is 7.32. The molecule has 1 saturated carbocycles. The molecule has 2 heterocycles. The summed E-state index contributed by atoms with van der Waals surface area (Å²) in [7, 11) is -3.84. The maximum absolute atomic E-state index is 13.9. The summed E-state index contributed by atoms with van der Waals surface area (Å²) >= 11 is 0. The molecule has 3 aliphatic rings. The van der Waals surface area contributed by atoms with E-state index in [1.54, 1.807) is 41.5 Å². The molecular weight excluding hydrogens is 482 g/mol. The van der Waals surface area contributed by atoms with Gasteiger partial charge in [0.1, 0.15) is 18.1 Å². The molecule has 10 nitrogen and oxygen atoms in total. The van der Waals surface area contributed by atoms with Gasteiger partial charge in [-0.25, -0.2) is 13.1 Å². The van der Waals surface area contributed by atoms with E-state index in [4.69, 9.17) is 0 Å². The van der Waals surface area contributed by atoms with Crippen LogP contribution in [0.15, 0.2) is 0 Å². The van der Waals surface area contributed by atoms with E-state index in [0.29, 0.717) is 19.5 Å².